The van der Waals surface area contributed by atoms with Gasteiger partial charge in [-0.15, -0.1) is 0 Å². The first-order chi connectivity index (χ1) is 8.09. The highest BCUT2D eigenvalue weighted by Gasteiger charge is 2.28. The van der Waals surface area contributed by atoms with Crippen molar-refractivity contribution in [3.05, 3.63) is 35.4 Å². The zero-order valence-corrected chi connectivity index (χ0v) is 10.6. The Balaban J connectivity index is 2.11. The van der Waals surface area contributed by atoms with E-state index in [0.29, 0.717) is 0 Å². The van der Waals surface area contributed by atoms with Crippen molar-refractivity contribution in [1.82, 2.24) is 4.90 Å². The van der Waals surface area contributed by atoms with Crippen molar-refractivity contribution >= 4 is 0 Å². The third-order valence-corrected chi connectivity index (χ3v) is 3.75. The van der Waals surface area contributed by atoms with E-state index in [1.807, 2.05) is 31.2 Å². The van der Waals surface area contributed by atoms with Crippen LogP contribution in [0.25, 0.3) is 0 Å². The maximum absolute atomic E-state index is 10.3. The lowest BCUT2D eigenvalue weighted by atomic mass is 9.98. The number of nitrogens with zero attached hydrogens (tertiary/aromatic N) is 1. The fourth-order valence-corrected chi connectivity index (χ4v) is 2.55. The number of likely N-dealkylation sites (tertiary alicyclic amines) is 1. The molecule has 1 aromatic carbocycles. The van der Waals surface area contributed by atoms with Crippen LogP contribution in [-0.2, 0) is 0 Å². The van der Waals surface area contributed by atoms with Crippen molar-refractivity contribution in [3.63, 3.8) is 0 Å². The van der Waals surface area contributed by atoms with Gasteiger partial charge in [-0.05, 0) is 44.5 Å². The predicted molar refractivity (Wildman–Crippen MR) is 69.7 cm³/mol. The normalized spacial score (nSPS) is 24.8. The summed E-state index contributed by atoms with van der Waals surface area (Å²) in [6.07, 6.45) is 1.87. The summed E-state index contributed by atoms with van der Waals surface area (Å²) in [6, 6.07) is 8.33. The Labute approximate surface area is 103 Å². The molecule has 1 fully saturated rings. The maximum Gasteiger partial charge on any atom is 0.0945 e. The molecule has 0 saturated carbocycles. The Hall–Kier alpha value is -0.900. The van der Waals surface area contributed by atoms with Gasteiger partial charge in [-0.2, -0.15) is 0 Å². The lowest BCUT2D eigenvalue weighted by Crippen LogP contribution is -2.31. The number of hydrogen-bond acceptors (Lipinski definition) is 3. The van der Waals surface area contributed by atoms with Gasteiger partial charge in [0.05, 0.1) is 6.10 Å². The smallest absolute Gasteiger partial charge is 0.0945 e. The molecule has 0 aliphatic carbocycles. The summed E-state index contributed by atoms with van der Waals surface area (Å²) in [5, 5.41) is 10.3. The molecule has 17 heavy (non-hydrogen) atoms. The van der Waals surface area contributed by atoms with E-state index in [-0.39, 0.29) is 18.2 Å². The van der Waals surface area contributed by atoms with Gasteiger partial charge in [0.1, 0.15) is 0 Å². The molecule has 0 radical (unpaired) electrons. The molecule has 1 heterocycles. The fourth-order valence-electron chi connectivity index (χ4n) is 2.55. The summed E-state index contributed by atoms with van der Waals surface area (Å²) in [5.41, 5.74) is 7.92. The third kappa shape index (κ3) is 2.68. The lowest BCUT2D eigenvalue weighted by molar-refractivity contribution is 0.0857. The first-order valence-corrected chi connectivity index (χ1v) is 6.33. The molecule has 1 aliphatic rings. The minimum atomic E-state index is -0.385. The van der Waals surface area contributed by atoms with E-state index in [2.05, 4.69) is 11.9 Å². The number of rotatable bonds is 3. The minimum Gasteiger partial charge on any atom is -0.387 e. The van der Waals surface area contributed by atoms with Crippen LogP contribution in [0.1, 0.15) is 43.0 Å². The fraction of sp³-hybridized carbons (Fsp3) is 0.571. The summed E-state index contributed by atoms with van der Waals surface area (Å²) in [5.74, 6) is 0. The number of benzene rings is 1. The Morgan fingerprint density at radius 1 is 1.29 bits per heavy atom. The van der Waals surface area contributed by atoms with Crippen LogP contribution in [0, 0.1) is 0 Å². The summed E-state index contributed by atoms with van der Waals surface area (Å²) < 4.78 is 0. The van der Waals surface area contributed by atoms with Crippen LogP contribution in [0.3, 0.4) is 0 Å². The molecule has 0 spiro atoms. The summed E-state index contributed by atoms with van der Waals surface area (Å²) in [7, 11) is 2.08. The van der Waals surface area contributed by atoms with Crippen LogP contribution in [0.4, 0.5) is 0 Å². The van der Waals surface area contributed by atoms with Crippen LogP contribution in [0.2, 0.25) is 0 Å². The molecule has 3 nitrogen and oxygen atoms in total. The zero-order chi connectivity index (χ0) is 12.4. The van der Waals surface area contributed by atoms with Gasteiger partial charge in [-0.1, -0.05) is 24.3 Å². The molecule has 94 valence electrons. The molecule has 1 unspecified atom stereocenters. The van der Waals surface area contributed by atoms with Gasteiger partial charge in [-0.3, -0.25) is 0 Å². The van der Waals surface area contributed by atoms with Crippen molar-refractivity contribution in [2.24, 2.45) is 5.73 Å². The molecule has 3 heteroatoms. The SMILES string of the molecule is C[C@H](N)c1ccc(C(O)[C@H]2CCCN2C)cc1. The Bertz CT molecular complexity index is 361. The summed E-state index contributed by atoms with van der Waals surface area (Å²) in [6.45, 7) is 3.05. The maximum atomic E-state index is 10.3. The van der Waals surface area contributed by atoms with Gasteiger partial charge in [0.25, 0.3) is 0 Å². The van der Waals surface area contributed by atoms with E-state index in [4.69, 9.17) is 5.73 Å². The minimum absolute atomic E-state index is 0.0512. The van der Waals surface area contributed by atoms with Crippen molar-refractivity contribution in [1.29, 1.82) is 0 Å². The average molecular weight is 234 g/mol. The summed E-state index contributed by atoms with van der Waals surface area (Å²) >= 11 is 0. The summed E-state index contributed by atoms with van der Waals surface area (Å²) in [4.78, 5) is 2.24. The lowest BCUT2D eigenvalue weighted by Gasteiger charge is -2.25. The molecule has 0 aromatic heterocycles. The number of hydrogen-bond donors (Lipinski definition) is 2. The predicted octanol–water partition coefficient (Wildman–Crippen LogP) is 1.83. The van der Waals surface area contributed by atoms with Gasteiger partial charge in [-0.25, -0.2) is 0 Å². The molecule has 3 N–H and O–H groups in total. The van der Waals surface area contributed by atoms with Gasteiger partial charge in [0.15, 0.2) is 0 Å². The molecule has 1 aromatic rings. The molecule has 2 rings (SSSR count). The van der Waals surface area contributed by atoms with Crippen LogP contribution >= 0.6 is 0 Å². The van der Waals surface area contributed by atoms with Gasteiger partial charge < -0.3 is 15.7 Å². The average Bonchev–Trinajstić information content (AvgIpc) is 2.74. The Morgan fingerprint density at radius 3 is 2.35 bits per heavy atom. The molecule has 0 bridgehead atoms. The zero-order valence-electron chi connectivity index (χ0n) is 10.6. The third-order valence-electron chi connectivity index (χ3n) is 3.75. The van der Waals surface area contributed by atoms with Crippen LogP contribution in [0.15, 0.2) is 24.3 Å². The van der Waals surface area contributed by atoms with E-state index in [1.165, 1.54) is 6.42 Å². The van der Waals surface area contributed by atoms with Crippen LogP contribution < -0.4 is 5.73 Å². The van der Waals surface area contributed by atoms with Crippen LogP contribution in [0.5, 0.6) is 0 Å². The molecular formula is C14H22N2O. The van der Waals surface area contributed by atoms with Crippen molar-refractivity contribution in [2.45, 2.75) is 38.0 Å². The second-order valence-electron chi connectivity index (χ2n) is 5.09. The Morgan fingerprint density at radius 2 is 1.88 bits per heavy atom. The van der Waals surface area contributed by atoms with E-state index in [1.54, 1.807) is 0 Å². The van der Waals surface area contributed by atoms with E-state index in [0.717, 1.165) is 24.1 Å². The number of aliphatic hydroxyl groups is 1. The number of nitrogens with two attached hydrogens (primary N) is 1. The molecule has 3 atom stereocenters. The molecule has 1 aliphatic heterocycles. The van der Waals surface area contributed by atoms with Gasteiger partial charge >= 0.3 is 0 Å². The van der Waals surface area contributed by atoms with Gasteiger partial charge in [0.2, 0.25) is 0 Å². The number of aliphatic hydroxyl groups excluding tert-OH is 1. The van der Waals surface area contributed by atoms with Crippen molar-refractivity contribution in [2.75, 3.05) is 13.6 Å². The van der Waals surface area contributed by atoms with E-state index >= 15 is 0 Å². The van der Waals surface area contributed by atoms with Gasteiger partial charge in [0, 0.05) is 12.1 Å². The van der Waals surface area contributed by atoms with Crippen LogP contribution in [-0.4, -0.2) is 29.6 Å². The Kier molecular flexibility index (Phi) is 3.82. The molecule has 0 amide bonds. The highest BCUT2D eigenvalue weighted by atomic mass is 16.3. The highest BCUT2D eigenvalue weighted by molar-refractivity contribution is 5.26. The van der Waals surface area contributed by atoms with E-state index < -0.39 is 0 Å². The van der Waals surface area contributed by atoms with Crippen molar-refractivity contribution < 1.29 is 5.11 Å². The topological polar surface area (TPSA) is 49.5 Å². The number of likely N-dealkylation sites (N-methyl/N-ethyl adjacent to an activating group) is 1. The monoisotopic (exact) mass is 234 g/mol. The largest absolute Gasteiger partial charge is 0.387 e. The molecular weight excluding hydrogens is 212 g/mol. The van der Waals surface area contributed by atoms with Crippen molar-refractivity contribution in [3.8, 4) is 0 Å². The standard InChI is InChI=1S/C14H22N2O/c1-10(15)11-5-7-12(8-6-11)14(17)13-4-3-9-16(13)2/h5-8,10,13-14,17H,3-4,9,15H2,1-2H3/t10-,13+,14?/m0/s1. The van der Waals surface area contributed by atoms with E-state index in [9.17, 15) is 5.11 Å². The first kappa shape index (κ1) is 12.6. The molecule has 1 saturated heterocycles. The first-order valence-electron chi connectivity index (χ1n) is 6.33. The second kappa shape index (κ2) is 5.17. The second-order valence-corrected chi connectivity index (χ2v) is 5.09. The quantitative estimate of drug-likeness (QED) is 0.839. The highest BCUT2D eigenvalue weighted by Crippen LogP contribution is 2.28.